The molecular formula is C15H28N2O2. The molecule has 1 atom stereocenters. The van der Waals surface area contributed by atoms with Crippen LogP contribution in [0.2, 0.25) is 0 Å². The highest BCUT2D eigenvalue weighted by Crippen LogP contribution is 2.29. The molecule has 0 aromatic carbocycles. The van der Waals surface area contributed by atoms with Crippen LogP contribution in [0.3, 0.4) is 0 Å². The highest BCUT2D eigenvalue weighted by Gasteiger charge is 2.41. The van der Waals surface area contributed by atoms with Gasteiger partial charge < -0.3 is 15.4 Å². The minimum atomic E-state index is -0.171. The maximum atomic E-state index is 12.3. The van der Waals surface area contributed by atoms with Crippen molar-refractivity contribution >= 4 is 5.91 Å². The van der Waals surface area contributed by atoms with E-state index in [1.54, 1.807) is 0 Å². The van der Waals surface area contributed by atoms with Gasteiger partial charge in [0.15, 0.2) is 0 Å². The largest absolute Gasteiger partial charge is 0.381 e. The van der Waals surface area contributed by atoms with Crippen LogP contribution >= 0.6 is 0 Å². The van der Waals surface area contributed by atoms with E-state index >= 15 is 0 Å². The number of amides is 1. The third-order valence-electron chi connectivity index (χ3n) is 4.91. The first-order chi connectivity index (χ1) is 9.01. The van der Waals surface area contributed by atoms with Gasteiger partial charge in [0.2, 0.25) is 5.91 Å². The molecule has 2 heterocycles. The molecule has 4 nitrogen and oxygen atoms in total. The van der Waals surface area contributed by atoms with Crippen LogP contribution in [0, 0.1) is 5.92 Å². The number of carbonyl (C=O) groups is 1. The summed E-state index contributed by atoms with van der Waals surface area (Å²) in [4.78, 5) is 14.3. The van der Waals surface area contributed by atoms with Crippen LogP contribution in [-0.4, -0.2) is 42.1 Å². The fourth-order valence-corrected chi connectivity index (χ4v) is 3.27. The molecule has 0 saturated carbocycles. The molecule has 0 aliphatic carbocycles. The number of rotatable bonds is 4. The predicted octanol–water partition coefficient (Wildman–Crippen LogP) is 1.92. The molecule has 0 spiro atoms. The van der Waals surface area contributed by atoms with Crippen LogP contribution in [0.25, 0.3) is 0 Å². The predicted molar refractivity (Wildman–Crippen MR) is 75.8 cm³/mol. The minimum absolute atomic E-state index is 0.118. The summed E-state index contributed by atoms with van der Waals surface area (Å²) in [5.41, 5.74) is 5.91. The van der Waals surface area contributed by atoms with Crippen molar-refractivity contribution in [1.29, 1.82) is 0 Å². The van der Waals surface area contributed by atoms with E-state index < -0.39 is 0 Å². The highest BCUT2D eigenvalue weighted by molar-refractivity contribution is 5.77. The molecule has 19 heavy (non-hydrogen) atoms. The molecule has 0 aromatic rings. The van der Waals surface area contributed by atoms with Crippen molar-refractivity contribution in [3.63, 3.8) is 0 Å². The molecule has 0 bridgehead atoms. The Morgan fingerprint density at radius 1 is 1.32 bits per heavy atom. The smallest absolute Gasteiger partial charge is 0.223 e. The number of hydrogen-bond acceptors (Lipinski definition) is 3. The van der Waals surface area contributed by atoms with Crippen molar-refractivity contribution in [3.8, 4) is 0 Å². The molecule has 2 aliphatic rings. The van der Waals surface area contributed by atoms with Gasteiger partial charge in [0, 0.05) is 32.2 Å². The van der Waals surface area contributed by atoms with Crippen LogP contribution < -0.4 is 5.73 Å². The summed E-state index contributed by atoms with van der Waals surface area (Å²) in [7, 11) is 0. The molecular weight excluding hydrogens is 240 g/mol. The van der Waals surface area contributed by atoms with Crippen LogP contribution in [-0.2, 0) is 9.53 Å². The van der Waals surface area contributed by atoms with Gasteiger partial charge in [-0.25, -0.2) is 0 Å². The SMILES string of the molecule is CC1(C)C(N)CCN1C(=O)CCCC1CCOCC1. The molecule has 0 radical (unpaired) electrons. The Labute approximate surface area is 116 Å². The van der Waals surface area contributed by atoms with Gasteiger partial charge >= 0.3 is 0 Å². The number of likely N-dealkylation sites (tertiary alicyclic amines) is 1. The molecule has 110 valence electrons. The van der Waals surface area contributed by atoms with Crippen LogP contribution in [0.1, 0.15) is 52.4 Å². The number of ether oxygens (including phenoxy) is 1. The Morgan fingerprint density at radius 3 is 2.58 bits per heavy atom. The van der Waals surface area contributed by atoms with Crippen molar-refractivity contribution in [1.82, 2.24) is 4.90 Å². The Kier molecular flexibility index (Phi) is 4.85. The maximum Gasteiger partial charge on any atom is 0.223 e. The first-order valence-corrected chi connectivity index (χ1v) is 7.65. The fourth-order valence-electron chi connectivity index (χ4n) is 3.27. The van der Waals surface area contributed by atoms with Gasteiger partial charge in [0.05, 0.1) is 5.54 Å². The second kappa shape index (κ2) is 6.23. The first-order valence-electron chi connectivity index (χ1n) is 7.65. The first kappa shape index (κ1) is 14.8. The van der Waals surface area contributed by atoms with Crippen molar-refractivity contribution in [2.45, 2.75) is 64.0 Å². The van der Waals surface area contributed by atoms with E-state index in [-0.39, 0.29) is 17.5 Å². The molecule has 4 heteroatoms. The Balaban J connectivity index is 1.72. The summed E-state index contributed by atoms with van der Waals surface area (Å²) in [5.74, 6) is 1.04. The zero-order valence-corrected chi connectivity index (χ0v) is 12.4. The molecule has 2 aliphatic heterocycles. The van der Waals surface area contributed by atoms with E-state index in [4.69, 9.17) is 10.5 Å². The topological polar surface area (TPSA) is 55.6 Å². The van der Waals surface area contributed by atoms with Gasteiger partial charge in [-0.1, -0.05) is 0 Å². The number of nitrogens with two attached hydrogens (primary N) is 1. The Morgan fingerprint density at radius 2 is 2.00 bits per heavy atom. The fraction of sp³-hybridized carbons (Fsp3) is 0.933. The lowest BCUT2D eigenvalue weighted by Gasteiger charge is -2.34. The second-order valence-electron chi connectivity index (χ2n) is 6.54. The molecule has 0 aromatic heterocycles. The van der Waals surface area contributed by atoms with Gasteiger partial charge in [-0.15, -0.1) is 0 Å². The van der Waals surface area contributed by atoms with Crippen LogP contribution in [0.15, 0.2) is 0 Å². The van der Waals surface area contributed by atoms with Gasteiger partial charge in [-0.05, 0) is 51.9 Å². The standard InChI is InChI=1S/C15H28N2O2/c1-15(2)13(16)6-9-17(15)14(18)5-3-4-12-7-10-19-11-8-12/h12-13H,3-11,16H2,1-2H3. The summed E-state index contributed by atoms with van der Waals surface area (Å²) >= 11 is 0. The summed E-state index contributed by atoms with van der Waals surface area (Å²) in [6, 6.07) is 0.118. The highest BCUT2D eigenvalue weighted by atomic mass is 16.5. The van der Waals surface area contributed by atoms with Gasteiger partial charge in [-0.2, -0.15) is 0 Å². The molecule has 1 unspecified atom stereocenters. The van der Waals surface area contributed by atoms with Gasteiger partial charge in [0.1, 0.15) is 0 Å². The Hall–Kier alpha value is -0.610. The lowest BCUT2D eigenvalue weighted by atomic mass is 9.93. The van der Waals surface area contributed by atoms with E-state index in [0.717, 1.165) is 57.8 Å². The van der Waals surface area contributed by atoms with Crippen molar-refractivity contribution in [2.24, 2.45) is 11.7 Å². The van der Waals surface area contributed by atoms with Crippen LogP contribution in [0.4, 0.5) is 0 Å². The number of carbonyl (C=O) groups excluding carboxylic acids is 1. The van der Waals surface area contributed by atoms with Crippen LogP contribution in [0.5, 0.6) is 0 Å². The average Bonchev–Trinajstić information content (AvgIpc) is 2.65. The molecule has 2 rings (SSSR count). The monoisotopic (exact) mass is 268 g/mol. The van der Waals surface area contributed by atoms with E-state index in [1.807, 2.05) is 4.90 Å². The lowest BCUT2D eigenvalue weighted by molar-refractivity contribution is -0.134. The molecule has 2 fully saturated rings. The number of hydrogen-bond donors (Lipinski definition) is 1. The van der Waals surface area contributed by atoms with E-state index in [9.17, 15) is 4.79 Å². The zero-order valence-electron chi connectivity index (χ0n) is 12.4. The third-order valence-corrected chi connectivity index (χ3v) is 4.91. The van der Waals surface area contributed by atoms with Crippen molar-refractivity contribution < 1.29 is 9.53 Å². The Bertz CT molecular complexity index is 311. The molecule has 2 saturated heterocycles. The summed E-state index contributed by atoms with van der Waals surface area (Å²) in [6.07, 6.45) is 6.09. The van der Waals surface area contributed by atoms with E-state index in [1.165, 1.54) is 0 Å². The summed E-state index contributed by atoms with van der Waals surface area (Å²) < 4.78 is 5.36. The van der Waals surface area contributed by atoms with Gasteiger partial charge in [0.25, 0.3) is 0 Å². The van der Waals surface area contributed by atoms with Crippen molar-refractivity contribution in [3.05, 3.63) is 0 Å². The zero-order chi connectivity index (χ0) is 13.9. The van der Waals surface area contributed by atoms with Crippen molar-refractivity contribution in [2.75, 3.05) is 19.8 Å². The minimum Gasteiger partial charge on any atom is -0.381 e. The number of nitrogens with zero attached hydrogens (tertiary/aromatic N) is 1. The lowest BCUT2D eigenvalue weighted by Crippen LogP contribution is -2.51. The second-order valence-corrected chi connectivity index (χ2v) is 6.54. The average molecular weight is 268 g/mol. The summed E-state index contributed by atoms with van der Waals surface area (Å²) in [5, 5.41) is 0. The molecule has 1 amide bonds. The maximum absolute atomic E-state index is 12.3. The molecule has 2 N–H and O–H groups in total. The third kappa shape index (κ3) is 3.48. The quantitative estimate of drug-likeness (QED) is 0.847. The van der Waals surface area contributed by atoms with E-state index in [2.05, 4.69) is 13.8 Å². The van der Waals surface area contributed by atoms with E-state index in [0.29, 0.717) is 6.42 Å². The normalized spacial score (nSPS) is 27.7. The summed E-state index contributed by atoms with van der Waals surface area (Å²) in [6.45, 7) is 6.78. The van der Waals surface area contributed by atoms with Gasteiger partial charge in [-0.3, -0.25) is 4.79 Å².